The maximum atomic E-state index is 10.9. The van der Waals surface area contributed by atoms with Gasteiger partial charge in [0.25, 0.3) is 5.56 Å². The summed E-state index contributed by atoms with van der Waals surface area (Å²) in [5, 5.41) is 0.785. The van der Waals surface area contributed by atoms with E-state index in [0.717, 1.165) is 10.1 Å². The van der Waals surface area contributed by atoms with Crippen LogP contribution in [0.15, 0.2) is 29.1 Å². The monoisotopic (exact) mass is 190 g/mol. The van der Waals surface area contributed by atoms with E-state index in [0.29, 0.717) is 0 Å². The average molecular weight is 190 g/mol. The van der Waals surface area contributed by atoms with Gasteiger partial charge in [0.2, 0.25) is 0 Å². The van der Waals surface area contributed by atoms with Crippen LogP contribution in [0.2, 0.25) is 0 Å². The molecule has 0 aliphatic rings. The zero-order valence-corrected chi connectivity index (χ0v) is 10.1. The summed E-state index contributed by atoms with van der Waals surface area (Å²) >= 11 is 1.38. The largest absolute Gasteiger partial charge is 0.277 e. The third-order valence-corrected chi connectivity index (χ3v) is 2.25. The molecule has 4 heteroatoms. The average Bonchev–Trinajstić information content (AvgIpc) is 2.34. The number of aromatic amines is 1. The van der Waals surface area contributed by atoms with Gasteiger partial charge in [-0.1, -0.05) is 23.7 Å². The number of hydrogen-bond acceptors (Lipinski definition) is 2. The Morgan fingerprint density at radius 3 is 2.73 bits per heavy atom. The quantitative estimate of drug-likeness (QED) is 0.622. The Kier molecular flexibility index (Phi) is 3.48. The summed E-state index contributed by atoms with van der Waals surface area (Å²) < 4.78 is 3.68. The molecule has 0 amide bonds. The van der Waals surface area contributed by atoms with Crippen molar-refractivity contribution in [3.63, 3.8) is 0 Å². The van der Waals surface area contributed by atoms with Crippen molar-refractivity contribution >= 4 is 73.0 Å². The van der Waals surface area contributed by atoms with Crippen molar-refractivity contribution in [3.05, 3.63) is 34.6 Å². The molecule has 2 rings (SSSR count). The molecule has 1 radical (unpaired) electrons. The van der Waals surface area contributed by atoms with Crippen molar-refractivity contribution < 1.29 is 0 Å². The van der Waals surface area contributed by atoms with Gasteiger partial charge >= 0.3 is 0 Å². The molecule has 0 bridgehead atoms. The van der Waals surface area contributed by atoms with E-state index >= 15 is 0 Å². The standard InChI is InChI=1S/C7H5NOS.K/c9-7-5-3-1-2-4-6(5)10-8-7;/h1-4H,(H,8,9);. The second kappa shape index (κ2) is 3.98. The van der Waals surface area contributed by atoms with E-state index in [-0.39, 0.29) is 56.9 Å². The van der Waals surface area contributed by atoms with E-state index in [1.54, 1.807) is 0 Å². The zero-order chi connectivity index (χ0) is 6.97. The van der Waals surface area contributed by atoms with Crippen LogP contribution < -0.4 is 5.56 Å². The number of aromatic nitrogens is 1. The van der Waals surface area contributed by atoms with Gasteiger partial charge in [0.1, 0.15) is 0 Å². The molecule has 0 saturated heterocycles. The first-order chi connectivity index (χ1) is 4.88. The number of rotatable bonds is 0. The molecule has 51 valence electrons. The van der Waals surface area contributed by atoms with Gasteiger partial charge in [-0.15, -0.1) is 0 Å². The fraction of sp³-hybridized carbons (Fsp3) is 0. The Labute approximate surface area is 110 Å². The predicted octanol–water partition coefficient (Wildman–Crippen LogP) is 1.21. The van der Waals surface area contributed by atoms with Gasteiger partial charge < -0.3 is 0 Å². The minimum absolute atomic E-state index is 0. The molecule has 0 aliphatic heterocycles. The Morgan fingerprint density at radius 2 is 2.00 bits per heavy atom. The molecule has 1 aromatic carbocycles. The van der Waals surface area contributed by atoms with Crippen LogP contribution in [0, 0.1) is 0 Å². The molecule has 0 unspecified atom stereocenters. The molecule has 11 heavy (non-hydrogen) atoms. The molecule has 1 heterocycles. The number of nitrogens with one attached hydrogen (secondary N) is 1. The molecule has 0 fully saturated rings. The van der Waals surface area contributed by atoms with E-state index in [9.17, 15) is 4.79 Å². The van der Waals surface area contributed by atoms with E-state index in [4.69, 9.17) is 0 Å². The first-order valence-electron chi connectivity index (χ1n) is 2.94. The van der Waals surface area contributed by atoms with Gasteiger partial charge in [0.05, 0.1) is 10.1 Å². The van der Waals surface area contributed by atoms with Crippen LogP contribution in [0.25, 0.3) is 10.1 Å². The Balaban J connectivity index is 0.000000605. The van der Waals surface area contributed by atoms with Crippen molar-refractivity contribution in [2.75, 3.05) is 0 Å². The molecule has 0 atom stereocenters. The molecule has 0 saturated carbocycles. The number of hydrogen-bond donors (Lipinski definition) is 1. The van der Waals surface area contributed by atoms with E-state index in [2.05, 4.69) is 4.37 Å². The minimum atomic E-state index is 0. The zero-order valence-electron chi connectivity index (χ0n) is 6.13. The van der Waals surface area contributed by atoms with Crippen molar-refractivity contribution in [2.24, 2.45) is 0 Å². The maximum Gasteiger partial charge on any atom is 0.265 e. The molecular formula is C7H5KNOS. The van der Waals surface area contributed by atoms with Crippen LogP contribution in [0.1, 0.15) is 0 Å². The van der Waals surface area contributed by atoms with Crippen molar-refractivity contribution in [2.45, 2.75) is 0 Å². The molecule has 1 aromatic heterocycles. The number of benzene rings is 1. The molecule has 0 spiro atoms. The predicted molar refractivity (Wildman–Crippen MR) is 48.2 cm³/mol. The summed E-state index contributed by atoms with van der Waals surface area (Å²) in [7, 11) is 0. The second-order valence-corrected chi connectivity index (χ2v) is 2.88. The van der Waals surface area contributed by atoms with E-state index < -0.39 is 0 Å². The van der Waals surface area contributed by atoms with Crippen molar-refractivity contribution in [1.29, 1.82) is 0 Å². The summed E-state index contributed by atoms with van der Waals surface area (Å²) in [4.78, 5) is 10.9. The molecule has 0 aliphatic carbocycles. The minimum Gasteiger partial charge on any atom is -0.277 e. The molecular weight excluding hydrogens is 185 g/mol. The van der Waals surface area contributed by atoms with Gasteiger partial charge in [-0.3, -0.25) is 9.17 Å². The smallest absolute Gasteiger partial charge is 0.265 e. The summed E-state index contributed by atoms with van der Waals surface area (Å²) in [5.74, 6) is 0. The summed E-state index contributed by atoms with van der Waals surface area (Å²) in [6.07, 6.45) is 0. The summed E-state index contributed by atoms with van der Waals surface area (Å²) in [6.45, 7) is 0. The SMILES string of the molecule is O=c1[nH]sc2ccccc12.[K]. The van der Waals surface area contributed by atoms with Gasteiger partial charge in [0.15, 0.2) is 0 Å². The van der Waals surface area contributed by atoms with Crippen LogP contribution in [-0.2, 0) is 0 Å². The molecule has 2 nitrogen and oxygen atoms in total. The third-order valence-electron chi connectivity index (χ3n) is 1.39. The van der Waals surface area contributed by atoms with E-state index in [1.165, 1.54) is 11.5 Å². The molecule has 2 aromatic rings. The summed E-state index contributed by atoms with van der Waals surface area (Å²) in [5.41, 5.74) is 0.0144. The first kappa shape index (κ1) is 9.63. The van der Waals surface area contributed by atoms with Gasteiger partial charge in [0, 0.05) is 51.4 Å². The fourth-order valence-corrected chi connectivity index (χ4v) is 1.63. The maximum absolute atomic E-state index is 10.9. The topological polar surface area (TPSA) is 32.9 Å². The number of H-pyrrole nitrogens is 1. The van der Waals surface area contributed by atoms with Crippen LogP contribution >= 0.6 is 11.5 Å². The van der Waals surface area contributed by atoms with E-state index in [1.807, 2.05) is 24.3 Å². The first-order valence-corrected chi connectivity index (χ1v) is 3.76. The second-order valence-electron chi connectivity index (χ2n) is 2.03. The fourth-order valence-electron chi connectivity index (χ4n) is 0.900. The summed E-state index contributed by atoms with van der Waals surface area (Å²) in [6, 6.07) is 7.54. The number of fused-ring (bicyclic) bond motifs is 1. The van der Waals surface area contributed by atoms with Gasteiger partial charge in [-0.05, 0) is 12.1 Å². The van der Waals surface area contributed by atoms with Gasteiger partial charge in [-0.25, -0.2) is 0 Å². The van der Waals surface area contributed by atoms with Crippen molar-refractivity contribution in [1.82, 2.24) is 4.37 Å². The van der Waals surface area contributed by atoms with Crippen LogP contribution in [0.4, 0.5) is 0 Å². The molecule has 1 N–H and O–H groups in total. The van der Waals surface area contributed by atoms with Crippen LogP contribution in [0.5, 0.6) is 0 Å². The van der Waals surface area contributed by atoms with Crippen LogP contribution in [0.3, 0.4) is 0 Å². The third kappa shape index (κ3) is 1.82. The van der Waals surface area contributed by atoms with Gasteiger partial charge in [-0.2, -0.15) is 0 Å². The van der Waals surface area contributed by atoms with Crippen molar-refractivity contribution in [3.8, 4) is 0 Å². The Bertz CT molecular complexity index is 406. The van der Waals surface area contributed by atoms with Crippen LogP contribution in [-0.4, -0.2) is 55.8 Å². The Morgan fingerprint density at radius 1 is 1.27 bits per heavy atom. The normalized spacial score (nSPS) is 9.45. The Hall–Kier alpha value is 0.546.